The highest BCUT2D eigenvalue weighted by atomic mass is 35.7. The molecule has 0 aromatic heterocycles. The smallest absolute Gasteiger partial charge is 0.236 e. The topological polar surface area (TPSA) is 54.5 Å². The molecule has 4 nitrogen and oxygen atoms in total. The molecule has 0 fully saturated rings. The Hall–Kier alpha value is -1.07. The second-order valence-corrected chi connectivity index (χ2v) is 6.84. The van der Waals surface area contributed by atoms with Crippen molar-refractivity contribution in [2.24, 2.45) is 0 Å². The number of anilines is 1. The third-order valence-corrected chi connectivity index (χ3v) is 3.77. The fourth-order valence-electron chi connectivity index (χ4n) is 2.04. The maximum atomic E-state index is 11.4. The average molecular weight is 274 g/mol. The van der Waals surface area contributed by atoms with Crippen LogP contribution in [0.2, 0.25) is 0 Å². The van der Waals surface area contributed by atoms with Gasteiger partial charge < -0.3 is 4.90 Å². The zero-order valence-electron chi connectivity index (χ0n) is 9.31. The lowest BCUT2D eigenvalue weighted by Gasteiger charge is -2.15. The van der Waals surface area contributed by atoms with Crippen molar-refractivity contribution in [3.8, 4) is 0 Å². The molecule has 1 aromatic carbocycles. The lowest BCUT2D eigenvalue weighted by atomic mass is 10.1. The minimum absolute atomic E-state index is 0.0327. The summed E-state index contributed by atoms with van der Waals surface area (Å²) in [5.41, 5.74) is 2.47. The number of carbonyl (C=O) groups excluding carboxylic acids is 1. The predicted octanol–water partition coefficient (Wildman–Crippen LogP) is 1.66. The Morgan fingerprint density at radius 3 is 2.76 bits per heavy atom. The molecule has 1 amide bonds. The highest BCUT2D eigenvalue weighted by molar-refractivity contribution is 8.13. The van der Waals surface area contributed by atoms with E-state index >= 15 is 0 Å². The van der Waals surface area contributed by atoms with E-state index in [4.69, 9.17) is 10.7 Å². The van der Waals surface area contributed by atoms with E-state index in [0.717, 1.165) is 17.7 Å². The molecule has 0 aliphatic carbocycles. The van der Waals surface area contributed by atoms with Crippen LogP contribution in [0.5, 0.6) is 0 Å². The average Bonchev–Trinajstić information content (AvgIpc) is 2.57. The summed E-state index contributed by atoms with van der Waals surface area (Å²) in [6.45, 7) is 2.15. The molecule has 0 bridgehead atoms. The summed E-state index contributed by atoms with van der Waals surface area (Å²) in [5.74, 6) is -0.247. The SMILES string of the molecule is CC(=O)N1CCc2ccc(CS(=O)(=O)Cl)cc21. The maximum Gasteiger partial charge on any atom is 0.236 e. The van der Waals surface area contributed by atoms with E-state index < -0.39 is 9.05 Å². The lowest BCUT2D eigenvalue weighted by molar-refractivity contribution is -0.116. The molecule has 0 N–H and O–H groups in total. The molecule has 1 aliphatic rings. The van der Waals surface area contributed by atoms with Crippen LogP contribution in [0.1, 0.15) is 18.1 Å². The first kappa shape index (κ1) is 12.4. The summed E-state index contributed by atoms with van der Waals surface area (Å²) in [6.07, 6.45) is 0.808. The van der Waals surface area contributed by atoms with Gasteiger partial charge in [-0.25, -0.2) is 8.42 Å². The van der Waals surface area contributed by atoms with E-state index in [1.54, 1.807) is 17.0 Å². The Kier molecular flexibility index (Phi) is 3.14. The summed E-state index contributed by atoms with van der Waals surface area (Å²) in [7, 11) is 1.65. The van der Waals surface area contributed by atoms with E-state index in [1.807, 2.05) is 6.07 Å². The van der Waals surface area contributed by atoms with Crippen molar-refractivity contribution in [2.45, 2.75) is 19.1 Å². The number of hydrogen-bond acceptors (Lipinski definition) is 3. The Labute approximate surface area is 105 Å². The van der Waals surface area contributed by atoms with Gasteiger partial charge in [0.05, 0.1) is 5.75 Å². The van der Waals surface area contributed by atoms with Crippen molar-refractivity contribution < 1.29 is 13.2 Å². The van der Waals surface area contributed by atoms with Crippen LogP contribution in [-0.4, -0.2) is 20.9 Å². The molecule has 0 atom stereocenters. The summed E-state index contributed by atoms with van der Waals surface area (Å²) >= 11 is 0. The number of rotatable bonds is 2. The largest absolute Gasteiger partial charge is 0.312 e. The molecule has 6 heteroatoms. The van der Waals surface area contributed by atoms with Crippen LogP contribution in [0, 0.1) is 0 Å². The van der Waals surface area contributed by atoms with Gasteiger partial charge in [0.15, 0.2) is 0 Å². The molecule has 0 unspecified atom stereocenters. The van der Waals surface area contributed by atoms with E-state index in [2.05, 4.69) is 0 Å². The third-order valence-electron chi connectivity index (χ3n) is 2.76. The van der Waals surface area contributed by atoms with Gasteiger partial charge in [-0.05, 0) is 23.6 Å². The van der Waals surface area contributed by atoms with Crippen LogP contribution in [0.25, 0.3) is 0 Å². The maximum absolute atomic E-state index is 11.4. The third kappa shape index (κ3) is 2.79. The van der Waals surface area contributed by atoms with Gasteiger partial charge in [-0.2, -0.15) is 0 Å². The number of carbonyl (C=O) groups is 1. The summed E-state index contributed by atoms with van der Waals surface area (Å²) in [4.78, 5) is 13.0. The Balaban J connectivity index is 2.36. The van der Waals surface area contributed by atoms with Crippen molar-refractivity contribution >= 4 is 31.3 Å². The Morgan fingerprint density at radius 2 is 2.18 bits per heavy atom. The van der Waals surface area contributed by atoms with Crippen molar-refractivity contribution in [1.29, 1.82) is 0 Å². The molecule has 2 rings (SSSR count). The summed E-state index contributed by atoms with van der Waals surface area (Å²) in [6, 6.07) is 5.32. The van der Waals surface area contributed by atoms with Crippen molar-refractivity contribution in [1.82, 2.24) is 0 Å². The molecule has 17 heavy (non-hydrogen) atoms. The van der Waals surface area contributed by atoms with Gasteiger partial charge in [-0.15, -0.1) is 0 Å². The first-order valence-electron chi connectivity index (χ1n) is 5.19. The number of amides is 1. The van der Waals surface area contributed by atoms with E-state index in [1.165, 1.54) is 6.92 Å². The standard InChI is InChI=1S/C11H12ClNO3S/c1-8(14)13-5-4-10-3-2-9(6-11(10)13)7-17(12,15)16/h2-3,6H,4-5,7H2,1H3. The van der Waals surface area contributed by atoms with Crippen LogP contribution in [0.4, 0.5) is 5.69 Å². The van der Waals surface area contributed by atoms with Crippen LogP contribution < -0.4 is 4.90 Å². The number of benzene rings is 1. The Bertz CT molecular complexity index is 568. The number of fused-ring (bicyclic) bond motifs is 1. The molecule has 0 spiro atoms. The normalized spacial score (nSPS) is 14.8. The predicted molar refractivity (Wildman–Crippen MR) is 66.6 cm³/mol. The minimum Gasteiger partial charge on any atom is -0.312 e. The van der Waals surface area contributed by atoms with E-state index in [-0.39, 0.29) is 11.7 Å². The molecule has 1 aliphatic heterocycles. The molecule has 1 aromatic rings. The van der Waals surface area contributed by atoms with Crippen molar-refractivity contribution in [2.75, 3.05) is 11.4 Å². The van der Waals surface area contributed by atoms with Gasteiger partial charge in [0.25, 0.3) is 0 Å². The fourth-order valence-corrected chi connectivity index (χ4v) is 3.00. The second kappa shape index (κ2) is 4.31. The highest BCUT2D eigenvalue weighted by Crippen LogP contribution is 2.29. The number of halogens is 1. The van der Waals surface area contributed by atoms with Crippen molar-refractivity contribution in [3.63, 3.8) is 0 Å². The Morgan fingerprint density at radius 1 is 1.47 bits per heavy atom. The summed E-state index contributed by atoms with van der Waals surface area (Å²) in [5, 5.41) is 0. The number of nitrogens with zero attached hydrogens (tertiary/aromatic N) is 1. The number of hydrogen-bond donors (Lipinski definition) is 0. The first-order valence-corrected chi connectivity index (χ1v) is 7.67. The van der Waals surface area contributed by atoms with Crippen LogP contribution in [0.15, 0.2) is 18.2 Å². The van der Waals surface area contributed by atoms with Gasteiger partial charge >= 0.3 is 0 Å². The van der Waals surface area contributed by atoms with Gasteiger partial charge in [0.1, 0.15) is 0 Å². The molecule has 92 valence electrons. The second-order valence-electron chi connectivity index (χ2n) is 4.07. The molecular formula is C11H12ClNO3S. The highest BCUT2D eigenvalue weighted by Gasteiger charge is 2.22. The zero-order valence-corrected chi connectivity index (χ0v) is 10.9. The van der Waals surface area contributed by atoms with Crippen LogP contribution in [-0.2, 0) is 26.0 Å². The van der Waals surface area contributed by atoms with Gasteiger partial charge in [0.2, 0.25) is 15.0 Å². The van der Waals surface area contributed by atoms with E-state index in [0.29, 0.717) is 12.1 Å². The molecule has 1 heterocycles. The fraction of sp³-hybridized carbons (Fsp3) is 0.364. The van der Waals surface area contributed by atoms with Crippen molar-refractivity contribution in [3.05, 3.63) is 29.3 Å². The zero-order chi connectivity index (χ0) is 12.6. The van der Waals surface area contributed by atoms with Crippen LogP contribution in [0.3, 0.4) is 0 Å². The van der Waals surface area contributed by atoms with E-state index in [9.17, 15) is 13.2 Å². The quantitative estimate of drug-likeness (QED) is 0.770. The van der Waals surface area contributed by atoms with Gasteiger partial charge in [-0.3, -0.25) is 4.79 Å². The summed E-state index contributed by atoms with van der Waals surface area (Å²) < 4.78 is 22.0. The van der Waals surface area contributed by atoms with Crippen LogP contribution >= 0.6 is 10.7 Å². The molecule has 0 radical (unpaired) electrons. The molecular weight excluding hydrogens is 262 g/mol. The molecule has 0 saturated carbocycles. The minimum atomic E-state index is -3.56. The molecule has 0 saturated heterocycles. The van der Waals surface area contributed by atoms with Gasteiger partial charge in [-0.1, -0.05) is 12.1 Å². The monoisotopic (exact) mass is 273 g/mol. The van der Waals surface area contributed by atoms with Gasteiger partial charge in [0, 0.05) is 29.8 Å². The first-order chi connectivity index (χ1) is 7.87. The lowest BCUT2D eigenvalue weighted by Crippen LogP contribution is -2.25.